The summed E-state index contributed by atoms with van der Waals surface area (Å²) in [5.41, 5.74) is 1.05. The monoisotopic (exact) mass is 295 g/mol. The van der Waals surface area contributed by atoms with Crippen LogP contribution in [0.1, 0.15) is 12.8 Å². The van der Waals surface area contributed by atoms with Crippen molar-refractivity contribution in [3.8, 4) is 10.6 Å². The maximum atomic E-state index is 12.0. The van der Waals surface area contributed by atoms with Gasteiger partial charge in [0.05, 0.1) is 0 Å². The summed E-state index contributed by atoms with van der Waals surface area (Å²) in [6.45, 7) is 1.32. The Labute approximate surface area is 118 Å². The predicted octanol–water partition coefficient (Wildman–Crippen LogP) is 2.63. The highest BCUT2D eigenvalue weighted by molar-refractivity contribution is 7.19. The van der Waals surface area contributed by atoms with Crippen molar-refractivity contribution in [2.45, 2.75) is 12.8 Å². The average molecular weight is 295 g/mol. The fraction of sp³-hybridized carbons (Fsp3) is 0.417. The number of carbonyl (C=O) groups is 1. The third-order valence-electron chi connectivity index (χ3n) is 3.02. The third kappa shape index (κ3) is 2.99. The summed E-state index contributed by atoms with van der Waals surface area (Å²) >= 11 is 3.02. The van der Waals surface area contributed by atoms with Crippen molar-refractivity contribution >= 4 is 33.7 Å². The first-order chi connectivity index (χ1) is 9.33. The van der Waals surface area contributed by atoms with Crippen molar-refractivity contribution in [2.75, 3.05) is 18.5 Å². The number of nitrogens with zero attached hydrogens (tertiary/aromatic N) is 2. The molecule has 7 heteroatoms. The van der Waals surface area contributed by atoms with E-state index in [4.69, 9.17) is 4.74 Å². The topological polar surface area (TPSA) is 64.1 Å². The minimum Gasteiger partial charge on any atom is -0.381 e. The summed E-state index contributed by atoms with van der Waals surface area (Å²) in [5.74, 6) is 0.0542. The van der Waals surface area contributed by atoms with Crippen LogP contribution in [0.5, 0.6) is 0 Å². The van der Waals surface area contributed by atoms with Gasteiger partial charge in [0.2, 0.25) is 11.0 Å². The van der Waals surface area contributed by atoms with Gasteiger partial charge in [0.1, 0.15) is 5.01 Å². The van der Waals surface area contributed by atoms with E-state index in [9.17, 15) is 4.79 Å². The molecule has 1 aliphatic rings. The van der Waals surface area contributed by atoms with Gasteiger partial charge in [-0.1, -0.05) is 11.3 Å². The lowest BCUT2D eigenvalue weighted by Crippen LogP contribution is -2.28. The zero-order valence-corrected chi connectivity index (χ0v) is 11.8. The first kappa shape index (κ1) is 12.7. The second kappa shape index (κ2) is 5.77. The molecule has 0 bridgehead atoms. The number of aromatic nitrogens is 2. The zero-order chi connectivity index (χ0) is 13.1. The highest BCUT2D eigenvalue weighted by Crippen LogP contribution is 2.28. The number of ether oxygens (including phenoxy) is 1. The number of amides is 1. The quantitative estimate of drug-likeness (QED) is 0.945. The number of nitrogens with one attached hydrogen (secondary N) is 1. The lowest BCUT2D eigenvalue weighted by atomic mass is 10.00. The van der Waals surface area contributed by atoms with Crippen LogP contribution in [0, 0.1) is 5.92 Å². The number of rotatable bonds is 3. The normalized spacial score (nSPS) is 16.4. The molecule has 2 aromatic heterocycles. The molecule has 100 valence electrons. The van der Waals surface area contributed by atoms with E-state index in [1.54, 1.807) is 11.3 Å². The van der Waals surface area contributed by atoms with Crippen molar-refractivity contribution in [2.24, 2.45) is 5.92 Å². The molecule has 0 radical (unpaired) electrons. The Hall–Kier alpha value is -1.31. The van der Waals surface area contributed by atoms with Crippen LogP contribution in [0.25, 0.3) is 10.6 Å². The molecule has 2 aromatic rings. The highest BCUT2D eigenvalue weighted by Gasteiger charge is 2.22. The minimum atomic E-state index is 0.0244. The van der Waals surface area contributed by atoms with Crippen LogP contribution < -0.4 is 5.32 Å². The molecule has 1 aliphatic heterocycles. The van der Waals surface area contributed by atoms with Gasteiger partial charge < -0.3 is 10.1 Å². The van der Waals surface area contributed by atoms with Gasteiger partial charge in [0, 0.05) is 30.1 Å². The summed E-state index contributed by atoms with van der Waals surface area (Å²) in [5, 5.41) is 16.4. The molecule has 3 rings (SSSR count). The van der Waals surface area contributed by atoms with Crippen molar-refractivity contribution in [1.29, 1.82) is 0 Å². The Kier molecular flexibility index (Phi) is 3.86. The standard InChI is InChI=1S/C12H13N3O2S2/c16-10(8-1-4-17-5-2-8)13-12-15-14-11(19-12)9-3-6-18-7-9/h3,6-8H,1-2,4-5H2,(H,13,15,16). The number of hydrogen-bond acceptors (Lipinski definition) is 6. The molecule has 0 aromatic carbocycles. The van der Waals surface area contributed by atoms with Crippen LogP contribution in [0.2, 0.25) is 0 Å². The van der Waals surface area contributed by atoms with Gasteiger partial charge in [-0.15, -0.1) is 10.2 Å². The molecular weight excluding hydrogens is 282 g/mol. The molecule has 0 aliphatic carbocycles. The summed E-state index contributed by atoms with van der Waals surface area (Å²) in [6.07, 6.45) is 1.56. The minimum absolute atomic E-state index is 0.0244. The fourth-order valence-corrected chi connectivity index (χ4v) is 3.40. The molecule has 1 N–H and O–H groups in total. The van der Waals surface area contributed by atoms with Gasteiger partial charge in [0.15, 0.2) is 0 Å². The van der Waals surface area contributed by atoms with Gasteiger partial charge in [-0.3, -0.25) is 4.79 Å². The smallest absolute Gasteiger partial charge is 0.229 e. The molecule has 5 nitrogen and oxygen atoms in total. The first-order valence-electron chi connectivity index (χ1n) is 6.07. The Bertz CT molecular complexity index is 547. The van der Waals surface area contributed by atoms with E-state index < -0.39 is 0 Å². The Balaban J connectivity index is 1.65. The van der Waals surface area contributed by atoms with Crippen LogP contribution in [0.4, 0.5) is 5.13 Å². The van der Waals surface area contributed by atoms with Crippen molar-refractivity contribution in [1.82, 2.24) is 10.2 Å². The van der Waals surface area contributed by atoms with Crippen molar-refractivity contribution < 1.29 is 9.53 Å². The van der Waals surface area contributed by atoms with E-state index in [0.29, 0.717) is 18.3 Å². The fourth-order valence-electron chi connectivity index (χ4n) is 1.94. The lowest BCUT2D eigenvalue weighted by molar-refractivity contribution is -0.122. The summed E-state index contributed by atoms with van der Waals surface area (Å²) < 4.78 is 5.25. The number of anilines is 1. The van der Waals surface area contributed by atoms with Crippen LogP contribution in [-0.2, 0) is 9.53 Å². The van der Waals surface area contributed by atoms with Gasteiger partial charge >= 0.3 is 0 Å². The largest absolute Gasteiger partial charge is 0.381 e. The van der Waals surface area contributed by atoms with Gasteiger partial charge in [0.25, 0.3) is 0 Å². The van der Waals surface area contributed by atoms with Crippen molar-refractivity contribution in [3.63, 3.8) is 0 Å². The van der Waals surface area contributed by atoms with E-state index >= 15 is 0 Å². The predicted molar refractivity (Wildman–Crippen MR) is 75.4 cm³/mol. The highest BCUT2D eigenvalue weighted by atomic mass is 32.1. The van der Waals surface area contributed by atoms with E-state index in [-0.39, 0.29) is 11.8 Å². The molecule has 0 atom stereocenters. The SMILES string of the molecule is O=C(Nc1nnc(-c2ccsc2)s1)C1CCOCC1. The van der Waals surface area contributed by atoms with Crippen LogP contribution in [0.3, 0.4) is 0 Å². The Morgan fingerprint density at radius 1 is 1.37 bits per heavy atom. The molecule has 1 amide bonds. The summed E-state index contributed by atoms with van der Waals surface area (Å²) in [4.78, 5) is 12.0. The lowest BCUT2D eigenvalue weighted by Gasteiger charge is -2.20. The van der Waals surface area contributed by atoms with Crippen LogP contribution in [-0.4, -0.2) is 29.3 Å². The van der Waals surface area contributed by atoms with E-state index in [2.05, 4.69) is 15.5 Å². The second-order valence-electron chi connectivity index (χ2n) is 4.30. The molecule has 3 heterocycles. The van der Waals surface area contributed by atoms with E-state index in [1.807, 2.05) is 16.8 Å². The number of hydrogen-bond donors (Lipinski definition) is 1. The molecule has 1 saturated heterocycles. The third-order valence-corrected chi connectivity index (χ3v) is 4.59. The molecular formula is C12H13N3O2S2. The Morgan fingerprint density at radius 3 is 2.95 bits per heavy atom. The first-order valence-corrected chi connectivity index (χ1v) is 7.83. The van der Waals surface area contributed by atoms with Gasteiger partial charge in [-0.05, 0) is 24.3 Å². The van der Waals surface area contributed by atoms with E-state index in [1.165, 1.54) is 11.3 Å². The molecule has 19 heavy (non-hydrogen) atoms. The molecule has 0 saturated carbocycles. The van der Waals surface area contributed by atoms with Crippen molar-refractivity contribution in [3.05, 3.63) is 16.8 Å². The number of thiophene rings is 1. The van der Waals surface area contributed by atoms with E-state index in [0.717, 1.165) is 23.4 Å². The Morgan fingerprint density at radius 2 is 2.21 bits per heavy atom. The summed E-state index contributed by atoms with van der Waals surface area (Å²) in [6, 6.07) is 2.00. The number of carbonyl (C=O) groups excluding carboxylic acids is 1. The van der Waals surface area contributed by atoms with Gasteiger partial charge in [-0.25, -0.2) is 0 Å². The van der Waals surface area contributed by atoms with Gasteiger partial charge in [-0.2, -0.15) is 11.3 Å². The van der Waals surface area contributed by atoms with Crippen LogP contribution >= 0.6 is 22.7 Å². The second-order valence-corrected chi connectivity index (χ2v) is 6.06. The maximum Gasteiger partial charge on any atom is 0.229 e. The zero-order valence-electron chi connectivity index (χ0n) is 10.2. The molecule has 1 fully saturated rings. The molecule has 0 spiro atoms. The maximum absolute atomic E-state index is 12.0. The summed E-state index contributed by atoms with van der Waals surface area (Å²) in [7, 11) is 0. The molecule has 0 unspecified atom stereocenters. The van der Waals surface area contributed by atoms with Crippen LogP contribution in [0.15, 0.2) is 16.8 Å². The average Bonchev–Trinajstić information content (AvgIpc) is 3.10.